The summed E-state index contributed by atoms with van der Waals surface area (Å²) in [5, 5.41) is 4.04. The van der Waals surface area contributed by atoms with Crippen molar-refractivity contribution in [3.63, 3.8) is 0 Å². The third-order valence-corrected chi connectivity index (χ3v) is 3.67. The third kappa shape index (κ3) is 4.21. The Morgan fingerprint density at radius 3 is 2.53 bits per heavy atom. The average Bonchev–Trinajstić information content (AvgIpc) is 2.76. The van der Waals surface area contributed by atoms with Gasteiger partial charge in [0.25, 0.3) is 5.91 Å². The summed E-state index contributed by atoms with van der Waals surface area (Å²) >= 11 is 6.02. The zero-order chi connectivity index (χ0) is 14.6. The summed E-state index contributed by atoms with van der Waals surface area (Å²) in [6.07, 6.45) is 0.530. The molecule has 0 unspecified atom stereocenters. The van der Waals surface area contributed by atoms with Crippen molar-refractivity contribution in [2.24, 2.45) is 5.73 Å². The first kappa shape index (κ1) is 16.0. The highest BCUT2D eigenvalue weighted by molar-refractivity contribution is 7.80. The largest absolute Gasteiger partial charge is 0.393 e. The summed E-state index contributed by atoms with van der Waals surface area (Å²) in [5.41, 5.74) is 6.27. The minimum Gasteiger partial charge on any atom is -0.393 e. The number of nitrogens with zero attached hydrogens (tertiary/aromatic N) is 3. The minimum absolute atomic E-state index is 0.0371. The van der Waals surface area contributed by atoms with Gasteiger partial charge in [0.15, 0.2) is 0 Å². The van der Waals surface area contributed by atoms with Crippen LogP contribution in [0.4, 0.5) is 0 Å². The lowest BCUT2D eigenvalue weighted by Crippen LogP contribution is -2.39. The van der Waals surface area contributed by atoms with Crippen molar-refractivity contribution < 1.29 is 4.79 Å². The molecule has 1 rings (SSSR count). The van der Waals surface area contributed by atoms with Gasteiger partial charge in [-0.3, -0.25) is 4.79 Å². The fourth-order valence-electron chi connectivity index (χ4n) is 1.68. The van der Waals surface area contributed by atoms with E-state index in [-0.39, 0.29) is 17.9 Å². The van der Waals surface area contributed by atoms with E-state index >= 15 is 0 Å². The first-order valence-electron chi connectivity index (χ1n) is 6.26. The molecule has 0 saturated carbocycles. The van der Waals surface area contributed by atoms with Crippen molar-refractivity contribution in [1.82, 2.24) is 14.5 Å². The van der Waals surface area contributed by atoms with Gasteiger partial charge in [0.1, 0.15) is 4.88 Å². The lowest BCUT2D eigenvalue weighted by molar-refractivity contribution is 0.0715. The molecule has 2 N–H and O–H groups in total. The van der Waals surface area contributed by atoms with Gasteiger partial charge in [-0.2, -0.15) is 0 Å². The maximum Gasteiger partial charge on any atom is 0.267 e. The Balaban J connectivity index is 2.93. The molecule has 1 aromatic rings. The first-order valence-corrected chi connectivity index (χ1v) is 7.44. The number of aromatic nitrogens is 2. The number of carbonyl (C=O) groups is 1. The number of hydrogen-bond acceptors (Lipinski definition) is 5. The predicted octanol–water partition coefficient (Wildman–Crippen LogP) is 2.19. The smallest absolute Gasteiger partial charge is 0.267 e. The second-order valence-corrected chi connectivity index (χ2v) is 6.23. The van der Waals surface area contributed by atoms with E-state index in [1.54, 1.807) is 4.90 Å². The maximum atomic E-state index is 12.6. The molecule has 0 saturated heterocycles. The highest BCUT2D eigenvalue weighted by atomic mass is 32.1. The van der Waals surface area contributed by atoms with Gasteiger partial charge >= 0.3 is 0 Å². The summed E-state index contributed by atoms with van der Waals surface area (Å²) in [4.78, 5) is 15.4. The van der Waals surface area contributed by atoms with Gasteiger partial charge in [0.05, 0.1) is 10.7 Å². The molecule has 0 atom stereocenters. The Morgan fingerprint density at radius 1 is 1.42 bits per heavy atom. The average molecular weight is 300 g/mol. The van der Waals surface area contributed by atoms with Crippen LogP contribution < -0.4 is 5.73 Å². The van der Waals surface area contributed by atoms with E-state index in [0.29, 0.717) is 22.8 Å². The lowest BCUT2D eigenvalue weighted by Gasteiger charge is -2.26. The Labute approximate surface area is 123 Å². The summed E-state index contributed by atoms with van der Waals surface area (Å²) < 4.78 is 3.90. The first-order chi connectivity index (χ1) is 8.84. The Kier molecular flexibility index (Phi) is 5.81. The molecule has 0 aliphatic heterocycles. The summed E-state index contributed by atoms with van der Waals surface area (Å²) in [7, 11) is 0. The number of rotatable bonds is 6. The molecule has 1 amide bonds. The Morgan fingerprint density at radius 2 is 2.05 bits per heavy atom. The highest BCUT2D eigenvalue weighted by Crippen LogP contribution is 2.22. The molecular formula is C12H20N4OS2. The Hall–Kier alpha value is -1.08. The lowest BCUT2D eigenvalue weighted by atomic mass is 10.1. The third-order valence-electron chi connectivity index (χ3n) is 2.74. The second-order valence-electron chi connectivity index (χ2n) is 4.95. The molecule has 0 spiro atoms. The van der Waals surface area contributed by atoms with Gasteiger partial charge < -0.3 is 10.6 Å². The van der Waals surface area contributed by atoms with Crippen LogP contribution in [-0.4, -0.2) is 38.0 Å². The van der Waals surface area contributed by atoms with Gasteiger partial charge in [-0.1, -0.05) is 30.6 Å². The molecule has 19 heavy (non-hydrogen) atoms. The van der Waals surface area contributed by atoms with Crippen LogP contribution in [0.3, 0.4) is 0 Å². The van der Waals surface area contributed by atoms with Crippen LogP contribution in [0.2, 0.25) is 0 Å². The monoisotopic (exact) mass is 300 g/mol. The number of carbonyl (C=O) groups excluding carboxylic acids is 1. The van der Waals surface area contributed by atoms with Crippen LogP contribution in [-0.2, 0) is 0 Å². The van der Waals surface area contributed by atoms with Crippen LogP contribution in [0.25, 0.3) is 0 Å². The SMILES string of the molecule is CC(C)c1nnsc1C(=O)N(CCC(N)=S)C(C)C. The minimum atomic E-state index is -0.0371. The van der Waals surface area contributed by atoms with E-state index < -0.39 is 0 Å². The fraction of sp³-hybridized carbons (Fsp3) is 0.667. The predicted molar refractivity (Wildman–Crippen MR) is 81.6 cm³/mol. The molecule has 1 aromatic heterocycles. The molecule has 1 heterocycles. The summed E-state index contributed by atoms with van der Waals surface area (Å²) in [6, 6.07) is 0.0870. The van der Waals surface area contributed by atoms with Crippen molar-refractivity contribution in [2.75, 3.05) is 6.54 Å². The normalized spacial score (nSPS) is 11.1. The van der Waals surface area contributed by atoms with E-state index in [1.165, 1.54) is 0 Å². The fourth-order valence-corrected chi connectivity index (χ4v) is 2.55. The molecular weight excluding hydrogens is 280 g/mol. The van der Waals surface area contributed by atoms with E-state index in [2.05, 4.69) is 9.59 Å². The van der Waals surface area contributed by atoms with Crippen molar-refractivity contribution in [1.29, 1.82) is 0 Å². The van der Waals surface area contributed by atoms with Crippen molar-refractivity contribution in [3.05, 3.63) is 10.6 Å². The summed E-state index contributed by atoms with van der Waals surface area (Å²) in [6.45, 7) is 8.48. The van der Waals surface area contributed by atoms with E-state index in [9.17, 15) is 4.79 Å². The molecule has 0 bridgehead atoms. The standard InChI is InChI=1S/C12H20N4OS2/c1-7(2)10-11(19-15-14-10)12(17)16(8(3)4)6-5-9(13)18/h7-8H,5-6H2,1-4H3,(H2,13,18). The number of nitrogens with two attached hydrogens (primary N) is 1. The molecule has 0 aliphatic rings. The van der Waals surface area contributed by atoms with E-state index in [4.69, 9.17) is 18.0 Å². The van der Waals surface area contributed by atoms with Gasteiger partial charge in [-0.25, -0.2) is 0 Å². The number of hydrogen-bond donors (Lipinski definition) is 1. The van der Waals surface area contributed by atoms with Gasteiger partial charge in [0, 0.05) is 19.0 Å². The van der Waals surface area contributed by atoms with Gasteiger partial charge in [-0.05, 0) is 31.3 Å². The molecule has 5 nitrogen and oxygen atoms in total. The second kappa shape index (κ2) is 6.91. The molecule has 7 heteroatoms. The molecule has 0 aliphatic carbocycles. The van der Waals surface area contributed by atoms with E-state index in [1.807, 2.05) is 27.7 Å². The topological polar surface area (TPSA) is 72.1 Å². The van der Waals surface area contributed by atoms with Gasteiger partial charge in [-0.15, -0.1) is 5.10 Å². The molecule has 0 fully saturated rings. The number of thiocarbonyl (C=S) groups is 1. The zero-order valence-electron chi connectivity index (χ0n) is 11.7. The molecule has 0 aromatic carbocycles. The van der Waals surface area contributed by atoms with Crippen molar-refractivity contribution in [3.8, 4) is 0 Å². The van der Waals surface area contributed by atoms with Crippen molar-refractivity contribution in [2.45, 2.75) is 46.1 Å². The summed E-state index contributed by atoms with van der Waals surface area (Å²) in [5.74, 6) is 0.146. The molecule has 106 valence electrons. The Bertz CT molecular complexity index is 456. The van der Waals surface area contributed by atoms with Crippen LogP contribution >= 0.6 is 23.8 Å². The van der Waals surface area contributed by atoms with Crippen LogP contribution in [0.1, 0.15) is 55.4 Å². The van der Waals surface area contributed by atoms with Crippen LogP contribution in [0.5, 0.6) is 0 Å². The molecule has 0 radical (unpaired) electrons. The highest BCUT2D eigenvalue weighted by Gasteiger charge is 2.25. The van der Waals surface area contributed by atoms with Crippen molar-refractivity contribution >= 4 is 34.6 Å². The number of amides is 1. The van der Waals surface area contributed by atoms with Crippen LogP contribution in [0, 0.1) is 0 Å². The zero-order valence-corrected chi connectivity index (χ0v) is 13.3. The van der Waals surface area contributed by atoms with Gasteiger partial charge in [0.2, 0.25) is 0 Å². The maximum absolute atomic E-state index is 12.6. The van der Waals surface area contributed by atoms with Crippen LogP contribution in [0.15, 0.2) is 0 Å². The van der Waals surface area contributed by atoms with E-state index in [0.717, 1.165) is 17.2 Å². The quantitative estimate of drug-likeness (QED) is 0.815.